The Morgan fingerprint density at radius 3 is 2.76 bits per heavy atom. The quantitative estimate of drug-likeness (QED) is 0.925. The zero-order valence-corrected chi connectivity index (χ0v) is 11.2. The Kier molecular flexibility index (Phi) is 3.22. The first-order chi connectivity index (χ1) is 7.99. The molecule has 0 spiro atoms. The molecule has 0 radical (unpaired) electrons. The van der Waals surface area contributed by atoms with Crippen molar-refractivity contribution in [3.8, 4) is 5.69 Å². The second-order valence-corrected chi connectivity index (χ2v) is 4.80. The first-order valence-electron chi connectivity index (χ1n) is 4.74. The van der Waals surface area contributed by atoms with Crippen molar-refractivity contribution in [2.75, 3.05) is 0 Å². The zero-order chi connectivity index (χ0) is 12.6. The molecule has 88 valence electrons. The van der Waals surface area contributed by atoms with Crippen LogP contribution in [0.4, 0.5) is 0 Å². The maximum Gasteiger partial charge on any atom is 0.337 e. The van der Waals surface area contributed by atoms with E-state index < -0.39 is 5.97 Å². The van der Waals surface area contributed by atoms with E-state index in [0.29, 0.717) is 20.9 Å². The Morgan fingerprint density at radius 2 is 2.24 bits per heavy atom. The summed E-state index contributed by atoms with van der Waals surface area (Å²) in [6, 6.07) is 4.96. The molecule has 1 N–H and O–H groups in total. The van der Waals surface area contributed by atoms with Crippen molar-refractivity contribution in [2.24, 2.45) is 0 Å². The number of benzene rings is 1. The van der Waals surface area contributed by atoms with Gasteiger partial charge in [0.2, 0.25) is 0 Å². The van der Waals surface area contributed by atoms with Crippen LogP contribution < -0.4 is 0 Å². The summed E-state index contributed by atoms with van der Waals surface area (Å²) in [5, 5.41) is 13.8. The lowest BCUT2D eigenvalue weighted by molar-refractivity contribution is 0.0696. The standard InChI is InChI=1S/C11H8BrClN2O2/c1-6-9(13)5-15(14-6)10-3-2-7(12)4-8(10)11(16)17/h2-5H,1H3,(H,16,17). The Morgan fingerprint density at radius 1 is 1.53 bits per heavy atom. The first-order valence-corrected chi connectivity index (χ1v) is 5.91. The summed E-state index contributed by atoms with van der Waals surface area (Å²) in [4.78, 5) is 11.1. The summed E-state index contributed by atoms with van der Waals surface area (Å²) in [6.45, 7) is 1.76. The molecule has 0 bridgehead atoms. The first kappa shape index (κ1) is 12.1. The minimum absolute atomic E-state index is 0.165. The molecule has 0 atom stereocenters. The monoisotopic (exact) mass is 314 g/mol. The molecule has 0 aliphatic heterocycles. The van der Waals surface area contributed by atoms with Gasteiger partial charge in [0, 0.05) is 10.7 Å². The highest BCUT2D eigenvalue weighted by molar-refractivity contribution is 9.10. The summed E-state index contributed by atoms with van der Waals surface area (Å²) >= 11 is 9.14. The van der Waals surface area contributed by atoms with Gasteiger partial charge in [0.15, 0.2) is 0 Å². The topological polar surface area (TPSA) is 55.1 Å². The summed E-state index contributed by atoms with van der Waals surface area (Å²) < 4.78 is 2.17. The number of rotatable bonds is 2. The van der Waals surface area contributed by atoms with E-state index in [2.05, 4.69) is 21.0 Å². The van der Waals surface area contributed by atoms with Crippen LogP contribution in [0.2, 0.25) is 5.02 Å². The third kappa shape index (κ3) is 2.35. The molecule has 0 aliphatic carbocycles. The van der Waals surface area contributed by atoms with Crippen LogP contribution in [0, 0.1) is 6.92 Å². The number of hydrogen-bond donors (Lipinski definition) is 1. The summed E-state index contributed by atoms with van der Waals surface area (Å²) in [5.41, 5.74) is 1.31. The number of carboxylic acid groups (broad SMARTS) is 1. The molecular formula is C11H8BrClN2O2. The molecule has 17 heavy (non-hydrogen) atoms. The van der Waals surface area contributed by atoms with Crippen molar-refractivity contribution in [3.63, 3.8) is 0 Å². The van der Waals surface area contributed by atoms with Gasteiger partial charge in [-0.25, -0.2) is 9.48 Å². The van der Waals surface area contributed by atoms with Gasteiger partial charge >= 0.3 is 5.97 Å². The average molecular weight is 316 g/mol. The molecule has 1 aromatic carbocycles. The Bertz CT molecular complexity index is 576. The van der Waals surface area contributed by atoms with Crippen molar-refractivity contribution in [2.45, 2.75) is 6.92 Å². The molecule has 0 fully saturated rings. The van der Waals surface area contributed by atoms with Gasteiger partial charge in [-0.1, -0.05) is 27.5 Å². The van der Waals surface area contributed by atoms with Crippen molar-refractivity contribution in [1.29, 1.82) is 0 Å². The number of aryl methyl sites for hydroxylation is 1. The highest BCUT2D eigenvalue weighted by atomic mass is 79.9. The van der Waals surface area contributed by atoms with Gasteiger partial charge in [-0.2, -0.15) is 5.10 Å². The van der Waals surface area contributed by atoms with E-state index >= 15 is 0 Å². The second-order valence-electron chi connectivity index (χ2n) is 3.47. The van der Waals surface area contributed by atoms with Gasteiger partial charge in [-0.05, 0) is 25.1 Å². The van der Waals surface area contributed by atoms with Crippen molar-refractivity contribution >= 4 is 33.5 Å². The molecule has 0 amide bonds. The lowest BCUT2D eigenvalue weighted by Gasteiger charge is -2.06. The van der Waals surface area contributed by atoms with E-state index in [1.807, 2.05) is 0 Å². The average Bonchev–Trinajstić information content (AvgIpc) is 2.59. The van der Waals surface area contributed by atoms with E-state index in [1.54, 1.807) is 25.3 Å². The van der Waals surface area contributed by atoms with Crippen LogP contribution in [0.1, 0.15) is 16.1 Å². The maximum atomic E-state index is 11.1. The van der Waals surface area contributed by atoms with Gasteiger partial charge in [-0.3, -0.25) is 0 Å². The van der Waals surface area contributed by atoms with Crippen molar-refractivity contribution in [3.05, 3.63) is 45.1 Å². The van der Waals surface area contributed by atoms with Crippen LogP contribution in [-0.4, -0.2) is 20.9 Å². The minimum atomic E-state index is -1.01. The van der Waals surface area contributed by atoms with E-state index in [-0.39, 0.29) is 5.56 Å². The number of hydrogen-bond acceptors (Lipinski definition) is 2. The molecule has 2 rings (SSSR count). The fraction of sp³-hybridized carbons (Fsp3) is 0.0909. The number of carboxylic acids is 1. The maximum absolute atomic E-state index is 11.1. The number of aromatic nitrogens is 2. The Balaban J connectivity index is 2.62. The van der Waals surface area contributed by atoms with Crippen LogP contribution >= 0.6 is 27.5 Å². The largest absolute Gasteiger partial charge is 0.478 e. The van der Waals surface area contributed by atoms with Gasteiger partial charge in [0.1, 0.15) is 0 Å². The van der Waals surface area contributed by atoms with Crippen LogP contribution in [0.5, 0.6) is 0 Å². The highest BCUT2D eigenvalue weighted by Gasteiger charge is 2.14. The van der Waals surface area contributed by atoms with Crippen LogP contribution in [-0.2, 0) is 0 Å². The summed E-state index contributed by atoms with van der Waals surface area (Å²) in [5.74, 6) is -1.01. The SMILES string of the molecule is Cc1nn(-c2ccc(Br)cc2C(=O)O)cc1Cl. The molecule has 0 aliphatic rings. The molecule has 1 aromatic heterocycles. The molecule has 4 nitrogen and oxygen atoms in total. The molecule has 0 saturated carbocycles. The van der Waals surface area contributed by atoms with Gasteiger partial charge < -0.3 is 5.11 Å². The van der Waals surface area contributed by atoms with E-state index in [9.17, 15) is 4.79 Å². The fourth-order valence-corrected chi connectivity index (χ4v) is 1.93. The summed E-state index contributed by atoms with van der Waals surface area (Å²) in [7, 11) is 0. The van der Waals surface area contributed by atoms with Gasteiger partial charge in [-0.15, -0.1) is 0 Å². The number of halogens is 2. The van der Waals surface area contributed by atoms with E-state index in [4.69, 9.17) is 16.7 Å². The normalized spacial score (nSPS) is 10.5. The fourth-order valence-electron chi connectivity index (χ4n) is 1.44. The van der Waals surface area contributed by atoms with Crippen LogP contribution in [0.3, 0.4) is 0 Å². The van der Waals surface area contributed by atoms with Crippen molar-refractivity contribution < 1.29 is 9.90 Å². The third-order valence-corrected chi connectivity index (χ3v) is 3.14. The molecule has 0 unspecified atom stereocenters. The predicted molar refractivity (Wildman–Crippen MR) is 68.0 cm³/mol. The third-order valence-electron chi connectivity index (χ3n) is 2.27. The Hall–Kier alpha value is -1.33. The molecule has 6 heteroatoms. The zero-order valence-electron chi connectivity index (χ0n) is 8.82. The lowest BCUT2D eigenvalue weighted by Crippen LogP contribution is -2.06. The summed E-state index contributed by atoms with van der Waals surface area (Å²) in [6.07, 6.45) is 1.59. The molecule has 2 aromatic rings. The van der Waals surface area contributed by atoms with Gasteiger partial charge in [0.05, 0.1) is 22.0 Å². The van der Waals surface area contributed by atoms with Crippen LogP contribution in [0.25, 0.3) is 5.69 Å². The van der Waals surface area contributed by atoms with Crippen LogP contribution in [0.15, 0.2) is 28.9 Å². The number of aromatic carboxylic acids is 1. The molecule has 1 heterocycles. The van der Waals surface area contributed by atoms with E-state index in [0.717, 1.165) is 0 Å². The second kappa shape index (κ2) is 4.50. The number of nitrogens with zero attached hydrogens (tertiary/aromatic N) is 2. The van der Waals surface area contributed by atoms with E-state index in [1.165, 1.54) is 10.7 Å². The lowest BCUT2D eigenvalue weighted by atomic mass is 10.2. The highest BCUT2D eigenvalue weighted by Crippen LogP contribution is 2.22. The van der Waals surface area contributed by atoms with Gasteiger partial charge in [0.25, 0.3) is 0 Å². The molecule has 0 saturated heterocycles. The predicted octanol–water partition coefficient (Wildman–Crippen LogP) is 3.29. The Labute approximate surface area is 111 Å². The number of carbonyl (C=O) groups is 1. The van der Waals surface area contributed by atoms with Crippen molar-refractivity contribution in [1.82, 2.24) is 9.78 Å². The smallest absolute Gasteiger partial charge is 0.337 e. The molecular weight excluding hydrogens is 307 g/mol. The minimum Gasteiger partial charge on any atom is -0.478 e.